The van der Waals surface area contributed by atoms with Gasteiger partial charge in [-0.05, 0) is 17.7 Å². The fourth-order valence-corrected chi connectivity index (χ4v) is 1.30. The van der Waals surface area contributed by atoms with Gasteiger partial charge in [0.25, 0.3) is 0 Å². The van der Waals surface area contributed by atoms with Crippen molar-refractivity contribution < 1.29 is 18.0 Å². The van der Waals surface area contributed by atoms with E-state index >= 15 is 0 Å². The van der Waals surface area contributed by atoms with E-state index in [0.29, 0.717) is 11.3 Å². The minimum absolute atomic E-state index is 0.00111. The molecule has 88 valence electrons. The van der Waals surface area contributed by atoms with Crippen molar-refractivity contribution in [2.75, 3.05) is 5.73 Å². The summed E-state index contributed by atoms with van der Waals surface area (Å²) in [6.07, 6.45) is -5.81. The molecule has 0 spiro atoms. The van der Waals surface area contributed by atoms with E-state index in [1.165, 1.54) is 0 Å². The first kappa shape index (κ1) is 12.5. The minimum Gasteiger partial charge on any atom is -0.399 e. The van der Waals surface area contributed by atoms with Crippen LogP contribution in [-0.2, 0) is 11.2 Å². The summed E-state index contributed by atoms with van der Waals surface area (Å²) in [6.45, 7) is 0. The number of anilines is 1. The largest absolute Gasteiger partial charge is 0.399 e. The van der Waals surface area contributed by atoms with Gasteiger partial charge in [0.1, 0.15) is 5.78 Å². The molecule has 0 unspecified atom stereocenters. The van der Waals surface area contributed by atoms with Crippen LogP contribution in [0.3, 0.4) is 0 Å². The number of hydrogen-bond acceptors (Lipinski definition) is 2. The Morgan fingerprint density at radius 3 is 2.56 bits per heavy atom. The summed E-state index contributed by atoms with van der Waals surface area (Å²) in [4.78, 5) is 11.2. The number of nitrogen functional groups attached to an aromatic ring is 1. The molecule has 2 nitrogen and oxygen atoms in total. The van der Waals surface area contributed by atoms with E-state index in [1.54, 1.807) is 24.3 Å². The van der Waals surface area contributed by atoms with Crippen LogP contribution in [0.1, 0.15) is 18.4 Å². The first-order chi connectivity index (χ1) is 7.37. The highest BCUT2D eigenvalue weighted by Crippen LogP contribution is 2.22. The molecule has 0 atom stereocenters. The smallest absolute Gasteiger partial charge is 0.389 e. The average molecular weight is 231 g/mol. The molecule has 0 amide bonds. The van der Waals surface area contributed by atoms with Gasteiger partial charge >= 0.3 is 6.18 Å². The van der Waals surface area contributed by atoms with Crippen LogP contribution in [0, 0.1) is 0 Å². The Hall–Kier alpha value is -1.52. The zero-order chi connectivity index (χ0) is 12.2. The van der Waals surface area contributed by atoms with Crippen molar-refractivity contribution in [1.29, 1.82) is 0 Å². The maximum Gasteiger partial charge on any atom is 0.389 e. The zero-order valence-corrected chi connectivity index (χ0v) is 8.55. The third kappa shape index (κ3) is 4.82. The SMILES string of the molecule is Nc1cccc(CC(=O)CCC(F)(F)F)c1. The molecule has 1 aromatic rings. The molecule has 16 heavy (non-hydrogen) atoms. The predicted molar refractivity (Wildman–Crippen MR) is 54.9 cm³/mol. The molecule has 0 saturated carbocycles. The van der Waals surface area contributed by atoms with E-state index in [4.69, 9.17) is 5.73 Å². The first-order valence-corrected chi connectivity index (χ1v) is 4.80. The number of hydrogen-bond donors (Lipinski definition) is 1. The molecular weight excluding hydrogens is 219 g/mol. The lowest BCUT2D eigenvalue weighted by atomic mass is 10.1. The van der Waals surface area contributed by atoms with E-state index in [-0.39, 0.29) is 6.42 Å². The fraction of sp³-hybridized carbons (Fsp3) is 0.364. The maximum absolute atomic E-state index is 11.8. The standard InChI is InChI=1S/C11H12F3NO/c12-11(13,14)5-4-10(16)7-8-2-1-3-9(15)6-8/h1-3,6H,4-5,7,15H2. The number of carbonyl (C=O) groups excluding carboxylic acids is 1. The summed E-state index contributed by atoms with van der Waals surface area (Å²) < 4.78 is 35.5. The van der Waals surface area contributed by atoms with Gasteiger partial charge in [-0.25, -0.2) is 0 Å². The number of benzene rings is 1. The fourth-order valence-electron chi connectivity index (χ4n) is 1.30. The van der Waals surface area contributed by atoms with Gasteiger partial charge in [-0.3, -0.25) is 4.79 Å². The number of halogens is 3. The second-order valence-corrected chi connectivity index (χ2v) is 3.58. The summed E-state index contributed by atoms with van der Waals surface area (Å²) in [6, 6.07) is 6.58. The highest BCUT2D eigenvalue weighted by atomic mass is 19.4. The molecule has 0 aromatic heterocycles. The summed E-state index contributed by atoms with van der Waals surface area (Å²) >= 11 is 0. The van der Waals surface area contributed by atoms with Gasteiger partial charge in [0, 0.05) is 18.5 Å². The summed E-state index contributed by atoms with van der Waals surface area (Å²) in [5.41, 5.74) is 6.63. The molecule has 0 bridgehead atoms. The van der Waals surface area contributed by atoms with Gasteiger partial charge in [-0.2, -0.15) is 13.2 Å². The molecule has 0 aliphatic carbocycles. The number of Topliss-reactive ketones (excluding diaryl/α,β-unsaturated/α-hetero) is 1. The second-order valence-electron chi connectivity index (χ2n) is 3.58. The highest BCUT2D eigenvalue weighted by molar-refractivity contribution is 5.81. The van der Waals surface area contributed by atoms with Gasteiger partial charge in [0.15, 0.2) is 0 Å². The monoisotopic (exact) mass is 231 g/mol. The third-order valence-corrected chi connectivity index (χ3v) is 2.04. The lowest BCUT2D eigenvalue weighted by Crippen LogP contribution is -2.12. The van der Waals surface area contributed by atoms with Crippen LogP contribution in [0.5, 0.6) is 0 Å². The van der Waals surface area contributed by atoms with Crippen molar-refractivity contribution in [3.05, 3.63) is 29.8 Å². The van der Waals surface area contributed by atoms with E-state index in [9.17, 15) is 18.0 Å². The Balaban J connectivity index is 2.46. The number of alkyl halides is 3. The van der Waals surface area contributed by atoms with Gasteiger partial charge in [-0.1, -0.05) is 12.1 Å². The molecule has 5 heteroatoms. The van der Waals surface area contributed by atoms with E-state index < -0.39 is 24.8 Å². The molecule has 0 aliphatic rings. The Morgan fingerprint density at radius 2 is 2.00 bits per heavy atom. The Kier molecular flexibility index (Phi) is 3.93. The van der Waals surface area contributed by atoms with Crippen LogP contribution in [0.2, 0.25) is 0 Å². The number of rotatable bonds is 4. The highest BCUT2D eigenvalue weighted by Gasteiger charge is 2.27. The van der Waals surface area contributed by atoms with Crippen molar-refractivity contribution in [2.45, 2.75) is 25.4 Å². The van der Waals surface area contributed by atoms with Crippen molar-refractivity contribution >= 4 is 11.5 Å². The zero-order valence-electron chi connectivity index (χ0n) is 8.55. The Morgan fingerprint density at radius 1 is 1.31 bits per heavy atom. The Labute approximate surface area is 91.3 Å². The Bertz CT molecular complexity index is 374. The quantitative estimate of drug-likeness (QED) is 0.809. The molecule has 0 saturated heterocycles. The lowest BCUT2D eigenvalue weighted by molar-refractivity contribution is -0.143. The maximum atomic E-state index is 11.8. The van der Waals surface area contributed by atoms with Crippen molar-refractivity contribution in [3.63, 3.8) is 0 Å². The minimum atomic E-state index is -4.27. The van der Waals surface area contributed by atoms with Gasteiger partial charge in [0.2, 0.25) is 0 Å². The summed E-state index contributed by atoms with van der Waals surface area (Å²) in [5, 5.41) is 0. The topological polar surface area (TPSA) is 43.1 Å². The summed E-state index contributed by atoms with van der Waals surface area (Å²) in [5.74, 6) is -0.428. The lowest BCUT2D eigenvalue weighted by Gasteiger charge is -2.05. The normalized spacial score (nSPS) is 11.4. The number of carbonyl (C=O) groups is 1. The van der Waals surface area contributed by atoms with Crippen molar-refractivity contribution in [3.8, 4) is 0 Å². The summed E-state index contributed by atoms with van der Waals surface area (Å²) in [7, 11) is 0. The second kappa shape index (κ2) is 5.01. The molecule has 0 radical (unpaired) electrons. The van der Waals surface area contributed by atoms with Crippen molar-refractivity contribution in [2.24, 2.45) is 0 Å². The molecule has 0 heterocycles. The van der Waals surface area contributed by atoms with Crippen LogP contribution in [0.15, 0.2) is 24.3 Å². The van der Waals surface area contributed by atoms with E-state index in [0.717, 1.165) is 0 Å². The van der Waals surface area contributed by atoms with E-state index in [2.05, 4.69) is 0 Å². The molecular formula is C11H12F3NO. The number of nitrogens with two attached hydrogens (primary N) is 1. The van der Waals surface area contributed by atoms with Crippen LogP contribution in [0.25, 0.3) is 0 Å². The predicted octanol–water partition coefficient (Wildman–Crippen LogP) is 2.72. The third-order valence-electron chi connectivity index (χ3n) is 2.04. The van der Waals surface area contributed by atoms with Gasteiger partial charge < -0.3 is 5.73 Å². The van der Waals surface area contributed by atoms with Crippen LogP contribution >= 0.6 is 0 Å². The van der Waals surface area contributed by atoms with Gasteiger partial charge in [-0.15, -0.1) is 0 Å². The van der Waals surface area contributed by atoms with E-state index in [1.807, 2.05) is 0 Å². The average Bonchev–Trinajstić information content (AvgIpc) is 2.14. The van der Waals surface area contributed by atoms with Crippen LogP contribution in [-0.4, -0.2) is 12.0 Å². The molecule has 0 fully saturated rings. The van der Waals surface area contributed by atoms with Crippen molar-refractivity contribution in [1.82, 2.24) is 0 Å². The first-order valence-electron chi connectivity index (χ1n) is 4.80. The number of ketones is 1. The van der Waals surface area contributed by atoms with Gasteiger partial charge in [0.05, 0.1) is 6.42 Å². The molecule has 0 aliphatic heterocycles. The molecule has 2 N–H and O–H groups in total. The molecule has 1 aromatic carbocycles. The molecule has 1 rings (SSSR count). The van der Waals surface area contributed by atoms with Crippen LogP contribution in [0.4, 0.5) is 18.9 Å². The van der Waals surface area contributed by atoms with Crippen LogP contribution < -0.4 is 5.73 Å².